The molecule has 0 spiro atoms. The van der Waals surface area contributed by atoms with E-state index in [1.165, 1.54) is 0 Å². The van der Waals surface area contributed by atoms with Crippen molar-refractivity contribution in [2.45, 2.75) is 6.42 Å². The number of hydrogen-bond acceptors (Lipinski definition) is 4. The average Bonchev–Trinajstić information content (AvgIpc) is 3.13. The number of ether oxygens (including phenoxy) is 1. The van der Waals surface area contributed by atoms with Gasteiger partial charge in [0.15, 0.2) is 5.78 Å². The van der Waals surface area contributed by atoms with Crippen molar-refractivity contribution in [3.8, 4) is 5.75 Å². The quantitative estimate of drug-likeness (QED) is 0.489. The molecule has 0 radical (unpaired) electrons. The molecular weight excluding hydrogens is 338 g/mol. The molecule has 0 fully saturated rings. The first-order chi connectivity index (χ1) is 13.2. The third-order valence-electron chi connectivity index (χ3n) is 4.42. The normalized spacial score (nSPS) is 10.7. The number of fused-ring (bicyclic) bond motifs is 1. The Bertz CT molecular complexity index is 1100. The lowest BCUT2D eigenvalue weighted by molar-refractivity contribution is 0.0994. The summed E-state index contributed by atoms with van der Waals surface area (Å²) in [7, 11) is 1.61. The standard InChI is InChI=1S/C22H19N3O2/c1-27-18-11-17(12-23-13-18)25-16-6-4-5-15(9-16)10-22(26)20-14-24-21-8-3-2-7-19(20)21/h2-9,11-14,24-25H,10H2,1H3. The van der Waals surface area contributed by atoms with E-state index in [0.29, 0.717) is 12.2 Å². The fourth-order valence-electron chi connectivity index (χ4n) is 3.11. The fourth-order valence-corrected chi connectivity index (χ4v) is 3.11. The number of methoxy groups -OCH3 is 1. The van der Waals surface area contributed by atoms with Gasteiger partial charge in [-0.1, -0.05) is 30.3 Å². The van der Waals surface area contributed by atoms with Crippen LogP contribution in [0.2, 0.25) is 0 Å². The van der Waals surface area contributed by atoms with Gasteiger partial charge in [-0.2, -0.15) is 0 Å². The summed E-state index contributed by atoms with van der Waals surface area (Å²) in [6, 6.07) is 17.5. The zero-order valence-electron chi connectivity index (χ0n) is 14.9. The van der Waals surface area contributed by atoms with E-state index >= 15 is 0 Å². The van der Waals surface area contributed by atoms with Crippen molar-refractivity contribution in [1.29, 1.82) is 0 Å². The van der Waals surface area contributed by atoms with E-state index in [4.69, 9.17) is 4.74 Å². The van der Waals surface area contributed by atoms with Crippen LogP contribution >= 0.6 is 0 Å². The van der Waals surface area contributed by atoms with Crippen LogP contribution in [0, 0.1) is 0 Å². The first kappa shape index (κ1) is 16.8. The van der Waals surface area contributed by atoms with Gasteiger partial charge in [0.2, 0.25) is 0 Å². The summed E-state index contributed by atoms with van der Waals surface area (Å²) in [6.45, 7) is 0. The maximum absolute atomic E-state index is 12.8. The summed E-state index contributed by atoms with van der Waals surface area (Å²) in [5.41, 5.74) is 4.37. The summed E-state index contributed by atoms with van der Waals surface area (Å²) in [5.74, 6) is 0.776. The molecule has 5 heteroatoms. The fraction of sp³-hybridized carbons (Fsp3) is 0.0909. The highest BCUT2D eigenvalue weighted by atomic mass is 16.5. The number of aromatic nitrogens is 2. The Hall–Kier alpha value is -3.60. The Balaban J connectivity index is 1.53. The number of carbonyl (C=O) groups is 1. The second-order valence-corrected chi connectivity index (χ2v) is 6.29. The number of carbonyl (C=O) groups excluding carboxylic acids is 1. The molecule has 0 aliphatic heterocycles. The molecule has 134 valence electrons. The number of H-pyrrole nitrogens is 1. The number of pyridine rings is 1. The first-order valence-electron chi connectivity index (χ1n) is 8.67. The predicted molar refractivity (Wildman–Crippen MR) is 107 cm³/mol. The van der Waals surface area contributed by atoms with E-state index in [2.05, 4.69) is 15.3 Å². The molecule has 0 aliphatic rings. The number of para-hydroxylation sites is 1. The van der Waals surface area contributed by atoms with Crippen molar-refractivity contribution in [2.75, 3.05) is 12.4 Å². The summed E-state index contributed by atoms with van der Waals surface area (Å²) < 4.78 is 5.20. The zero-order valence-corrected chi connectivity index (χ0v) is 14.9. The Morgan fingerprint density at radius 1 is 1.07 bits per heavy atom. The van der Waals surface area contributed by atoms with Crippen molar-refractivity contribution < 1.29 is 9.53 Å². The van der Waals surface area contributed by atoms with Crippen molar-refractivity contribution in [3.63, 3.8) is 0 Å². The molecule has 0 amide bonds. The number of nitrogens with zero attached hydrogens (tertiary/aromatic N) is 1. The number of aromatic amines is 1. The molecule has 2 aromatic carbocycles. The van der Waals surface area contributed by atoms with E-state index < -0.39 is 0 Å². The van der Waals surface area contributed by atoms with Crippen LogP contribution in [-0.4, -0.2) is 22.9 Å². The number of Topliss-reactive ketones (excluding diaryl/α,β-unsaturated/α-hetero) is 1. The van der Waals surface area contributed by atoms with E-state index in [1.807, 2.05) is 54.6 Å². The first-order valence-corrected chi connectivity index (χ1v) is 8.67. The zero-order chi connectivity index (χ0) is 18.6. The molecule has 0 saturated carbocycles. The smallest absolute Gasteiger partial charge is 0.169 e. The largest absolute Gasteiger partial charge is 0.495 e. The molecule has 0 aliphatic carbocycles. The minimum absolute atomic E-state index is 0.0904. The lowest BCUT2D eigenvalue weighted by atomic mass is 10.0. The number of benzene rings is 2. The number of rotatable bonds is 6. The lowest BCUT2D eigenvalue weighted by Crippen LogP contribution is -2.03. The Morgan fingerprint density at radius 2 is 1.96 bits per heavy atom. The number of nitrogens with one attached hydrogen (secondary N) is 2. The molecule has 2 N–H and O–H groups in total. The number of anilines is 2. The van der Waals surface area contributed by atoms with Crippen LogP contribution < -0.4 is 10.1 Å². The highest BCUT2D eigenvalue weighted by Crippen LogP contribution is 2.23. The van der Waals surface area contributed by atoms with Crippen molar-refractivity contribution in [2.24, 2.45) is 0 Å². The highest BCUT2D eigenvalue weighted by molar-refractivity contribution is 6.08. The molecule has 0 atom stereocenters. The number of hydrogen-bond donors (Lipinski definition) is 2. The van der Waals surface area contributed by atoms with Crippen LogP contribution in [0.4, 0.5) is 11.4 Å². The van der Waals surface area contributed by atoms with Crippen molar-refractivity contribution in [3.05, 3.63) is 84.3 Å². The minimum Gasteiger partial charge on any atom is -0.495 e. The van der Waals surface area contributed by atoms with Gasteiger partial charge >= 0.3 is 0 Å². The summed E-state index contributed by atoms with van der Waals surface area (Å²) >= 11 is 0. The van der Waals surface area contributed by atoms with Crippen LogP contribution in [-0.2, 0) is 6.42 Å². The van der Waals surface area contributed by atoms with E-state index in [-0.39, 0.29) is 5.78 Å². The molecule has 0 unspecified atom stereocenters. The molecule has 0 saturated heterocycles. The molecule has 5 nitrogen and oxygen atoms in total. The summed E-state index contributed by atoms with van der Waals surface area (Å²) in [4.78, 5) is 20.1. The van der Waals surface area contributed by atoms with Gasteiger partial charge in [0.25, 0.3) is 0 Å². The molecular formula is C22H19N3O2. The Kier molecular flexibility index (Phi) is 4.58. The van der Waals surface area contributed by atoms with Gasteiger partial charge in [-0.3, -0.25) is 9.78 Å². The second kappa shape index (κ2) is 7.33. The summed E-state index contributed by atoms with van der Waals surface area (Å²) in [6.07, 6.45) is 5.51. The van der Waals surface area contributed by atoms with E-state index in [1.54, 1.807) is 25.7 Å². The van der Waals surface area contributed by atoms with Crippen LogP contribution in [0.5, 0.6) is 5.75 Å². The Labute approximate surface area is 157 Å². The van der Waals surface area contributed by atoms with Crippen molar-refractivity contribution in [1.82, 2.24) is 9.97 Å². The van der Waals surface area contributed by atoms with Crippen molar-refractivity contribution >= 4 is 28.1 Å². The van der Waals surface area contributed by atoms with Gasteiger partial charge in [-0.15, -0.1) is 0 Å². The van der Waals surface area contributed by atoms with E-state index in [9.17, 15) is 4.79 Å². The third-order valence-corrected chi connectivity index (χ3v) is 4.42. The van der Waals surface area contributed by atoms with Gasteiger partial charge in [-0.25, -0.2) is 0 Å². The highest BCUT2D eigenvalue weighted by Gasteiger charge is 2.12. The third kappa shape index (κ3) is 3.67. The van der Waals surface area contributed by atoms with Crippen LogP contribution in [0.1, 0.15) is 15.9 Å². The number of ketones is 1. The van der Waals surface area contributed by atoms with Gasteiger partial charge < -0.3 is 15.0 Å². The molecule has 4 aromatic rings. The minimum atomic E-state index is 0.0904. The van der Waals surface area contributed by atoms with Gasteiger partial charge in [0.05, 0.1) is 25.2 Å². The molecule has 0 bridgehead atoms. The Morgan fingerprint density at radius 3 is 2.85 bits per heavy atom. The van der Waals surface area contributed by atoms with Crippen LogP contribution in [0.3, 0.4) is 0 Å². The molecule has 2 heterocycles. The van der Waals surface area contributed by atoms with E-state index in [0.717, 1.165) is 33.4 Å². The summed E-state index contributed by atoms with van der Waals surface area (Å²) in [5, 5.41) is 4.25. The molecule has 27 heavy (non-hydrogen) atoms. The predicted octanol–water partition coefficient (Wildman–Crippen LogP) is 4.74. The maximum atomic E-state index is 12.8. The maximum Gasteiger partial charge on any atom is 0.169 e. The average molecular weight is 357 g/mol. The second-order valence-electron chi connectivity index (χ2n) is 6.29. The molecule has 2 aromatic heterocycles. The SMILES string of the molecule is COc1cncc(Nc2cccc(CC(=O)c3c[nH]c4ccccc34)c2)c1. The molecule has 4 rings (SSSR count). The van der Waals surface area contributed by atoms with Gasteiger partial charge in [0.1, 0.15) is 5.75 Å². The van der Waals surface area contributed by atoms with Gasteiger partial charge in [0, 0.05) is 40.8 Å². The van der Waals surface area contributed by atoms with Crippen LogP contribution in [0.25, 0.3) is 10.9 Å². The van der Waals surface area contributed by atoms with Gasteiger partial charge in [-0.05, 0) is 23.8 Å². The van der Waals surface area contributed by atoms with Crippen LogP contribution in [0.15, 0.2) is 73.2 Å². The topological polar surface area (TPSA) is 67.0 Å². The lowest BCUT2D eigenvalue weighted by Gasteiger charge is -2.09. The monoisotopic (exact) mass is 357 g/mol.